The van der Waals surface area contributed by atoms with Crippen molar-refractivity contribution in [2.75, 3.05) is 18.3 Å². The van der Waals surface area contributed by atoms with E-state index < -0.39 is 23.8 Å². The van der Waals surface area contributed by atoms with Gasteiger partial charge in [0.1, 0.15) is 5.75 Å². The molecule has 4 amide bonds. The Hall–Kier alpha value is -3.88. The zero-order valence-corrected chi connectivity index (χ0v) is 16.2. The van der Waals surface area contributed by atoms with Crippen LogP contribution in [0.2, 0.25) is 0 Å². The van der Waals surface area contributed by atoms with Gasteiger partial charge in [-0.2, -0.15) is 0 Å². The molecule has 0 bridgehead atoms. The monoisotopic (exact) mass is 409 g/mol. The maximum atomic E-state index is 12.8. The number of carbonyl (C=O) groups is 3. The van der Waals surface area contributed by atoms with E-state index in [1.807, 2.05) is 13.0 Å². The SMILES string of the molecule is CCOc1ccc(N2C(=O)NC(=O)[C@@H](C=NCc3ccc4c(c3)OCO4)C2=O)cc1. The second kappa shape index (κ2) is 8.24. The number of amides is 4. The number of anilines is 1. The number of rotatable bonds is 6. The highest BCUT2D eigenvalue weighted by molar-refractivity contribution is 6.32. The Morgan fingerprint density at radius 1 is 1.13 bits per heavy atom. The van der Waals surface area contributed by atoms with Gasteiger partial charge in [0.15, 0.2) is 17.4 Å². The number of aliphatic imine (C=N–C) groups is 1. The van der Waals surface area contributed by atoms with Crippen molar-refractivity contribution in [2.45, 2.75) is 13.5 Å². The number of urea groups is 1. The van der Waals surface area contributed by atoms with E-state index >= 15 is 0 Å². The molecule has 1 atom stereocenters. The van der Waals surface area contributed by atoms with E-state index in [1.54, 1.807) is 36.4 Å². The summed E-state index contributed by atoms with van der Waals surface area (Å²) in [7, 11) is 0. The van der Waals surface area contributed by atoms with Gasteiger partial charge in [-0.25, -0.2) is 9.69 Å². The Labute approximate surface area is 172 Å². The molecule has 1 fully saturated rings. The standard InChI is InChI=1S/C21H19N3O6/c1-2-28-15-6-4-14(5-7-15)24-20(26)16(19(25)23-21(24)27)11-22-10-13-3-8-17-18(9-13)30-12-29-17/h3-9,11,16H,2,10,12H2,1H3,(H,23,25,27)/t16-/m1/s1. The van der Waals surface area contributed by atoms with E-state index in [0.717, 1.165) is 10.5 Å². The average molecular weight is 409 g/mol. The Morgan fingerprint density at radius 2 is 1.90 bits per heavy atom. The summed E-state index contributed by atoms with van der Waals surface area (Å²) in [6, 6.07) is 11.1. The van der Waals surface area contributed by atoms with Gasteiger partial charge in [0.25, 0.3) is 5.91 Å². The first kappa shape index (κ1) is 19.4. The number of hydrogen-bond acceptors (Lipinski definition) is 7. The summed E-state index contributed by atoms with van der Waals surface area (Å²) >= 11 is 0. The van der Waals surface area contributed by atoms with Crippen molar-refractivity contribution in [2.24, 2.45) is 10.9 Å². The molecular formula is C21H19N3O6. The number of ether oxygens (including phenoxy) is 3. The molecule has 30 heavy (non-hydrogen) atoms. The third kappa shape index (κ3) is 3.82. The van der Waals surface area contributed by atoms with E-state index in [2.05, 4.69) is 10.3 Å². The number of nitrogens with zero attached hydrogens (tertiary/aromatic N) is 2. The number of fused-ring (bicyclic) bond motifs is 1. The van der Waals surface area contributed by atoms with Gasteiger partial charge in [0, 0.05) is 6.21 Å². The summed E-state index contributed by atoms with van der Waals surface area (Å²) in [6.07, 6.45) is 1.26. The second-order valence-corrected chi connectivity index (χ2v) is 6.55. The van der Waals surface area contributed by atoms with Crippen LogP contribution in [0.1, 0.15) is 12.5 Å². The van der Waals surface area contributed by atoms with Crippen LogP contribution < -0.4 is 24.4 Å². The van der Waals surface area contributed by atoms with Gasteiger partial charge in [0.05, 0.1) is 18.8 Å². The van der Waals surface area contributed by atoms with Crippen molar-refractivity contribution < 1.29 is 28.6 Å². The highest BCUT2D eigenvalue weighted by atomic mass is 16.7. The lowest BCUT2D eigenvalue weighted by molar-refractivity contribution is -0.131. The van der Waals surface area contributed by atoms with Gasteiger partial charge in [-0.15, -0.1) is 0 Å². The molecule has 9 nitrogen and oxygen atoms in total. The van der Waals surface area contributed by atoms with Gasteiger partial charge in [-0.05, 0) is 48.9 Å². The van der Waals surface area contributed by atoms with Gasteiger partial charge in [0.2, 0.25) is 12.7 Å². The van der Waals surface area contributed by atoms with Crippen LogP contribution in [0, 0.1) is 5.92 Å². The van der Waals surface area contributed by atoms with E-state index in [-0.39, 0.29) is 13.3 Å². The van der Waals surface area contributed by atoms with Crippen molar-refractivity contribution >= 4 is 29.7 Å². The molecule has 2 aliphatic rings. The molecule has 2 aromatic rings. The molecule has 0 unspecified atom stereocenters. The van der Waals surface area contributed by atoms with Crippen LogP contribution in [-0.4, -0.2) is 37.5 Å². The van der Waals surface area contributed by atoms with Gasteiger partial charge < -0.3 is 14.2 Å². The zero-order valence-electron chi connectivity index (χ0n) is 16.2. The van der Waals surface area contributed by atoms with Gasteiger partial charge >= 0.3 is 6.03 Å². The van der Waals surface area contributed by atoms with E-state index in [1.165, 1.54) is 6.21 Å². The Balaban J connectivity index is 1.48. The van der Waals surface area contributed by atoms with Crippen LogP contribution in [-0.2, 0) is 16.1 Å². The lowest BCUT2D eigenvalue weighted by Gasteiger charge is -2.28. The molecule has 0 aromatic heterocycles. The molecule has 0 saturated carbocycles. The summed E-state index contributed by atoms with van der Waals surface area (Å²) in [5.74, 6) is -0.674. The Bertz CT molecular complexity index is 1020. The molecule has 154 valence electrons. The lowest BCUT2D eigenvalue weighted by Crippen LogP contribution is -2.58. The first-order valence-electron chi connectivity index (χ1n) is 9.37. The van der Waals surface area contributed by atoms with E-state index in [9.17, 15) is 14.4 Å². The lowest BCUT2D eigenvalue weighted by atomic mass is 10.1. The minimum Gasteiger partial charge on any atom is -0.494 e. The minimum atomic E-state index is -1.21. The smallest absolute Gasteiger partial charge is 0.335 e. The van der Waals surface area contributed by atoms with Crippen molar-refractivity contribution in [1.29, 1.82) is 0 Å². The van der Waals surface area contributed by atoms with Gasteiger partial charge in [-0.3, -0.25) is 19.9 Å². The summed E-state index contributed by atoms with van der Waals surface area (Å²) in [6.45, 7) is 2.77. The fourth-order valence-electron chi connectivity index (χ4n) is 3.13. The average Bonchev–Trinajstić information content (AvgIpc) is 3.19. The zero-order chi connectivity index (χ0) is 21.1. The molecule has 0 aliphatic carbocycles. The minimum absolute atomic E-state index is 0.175. The van der Waals surface area contributed by atoms with Gasteiger partial charge in [-0.1, -0.05) is 6.07 Å². The molecule has 2 heterocycles. The third-order valence-corrected chi connectivity index (χ3v) is 4.57. The van der Waals surface area contributed by atoms with E-state index in [0.29, 0.717) is 29.5 Å². The molecule has 9 heteroatoms. The van der Waals surface area contributed by atoms with E-state index in [4.69, 9.17) is 14.2 Å². The molecule has 1 saturated heterocycles. The molecule has 0 radical (unpaired) electrons. The van der Waals surface area contributed by atoms with Crippen LogP contribution in [0.25, 0.3) is 0 Å². The maximum absolute atomic E-state index is 12.8. The molecule has 1 N–H and O–H groups in total. The predicted octanol–water partition coefficient (Wildman–Crippen LogP) is 2.28. The van der Waals surface area contributed by atoms with Crippen LogP contribution >= 0.6 is 0 Å². The number of benzene rings is 2. The van der Waals surface area contributed by atoms with Crippen molar-refractivity contribution in [3.05, 3.63) is 48.0 Å². The second-order valence-electron chi connectivity index (χ2n) is 6.55. The predicted molar refractivity (Wildman–Crippen MR) is 107 cm³/mol. The van der Waals surface area contributed by atoms with Crippen molar-refractivity contribution in [3.8, 4) is 17.2 Å². The first-order valence-corrected chi connectivity index (χ1v) is 9.37. The number of barbiturate groups is 1. The molecule has 2 aliphatic heterocycles. The number of imide groups is 2. The van der Waals surface area contributed by atoms with Crippen LogP contribution in [0.15, 0.2) is 47.5 Å². The summed E-state index contributed by atoms with van der Waals surface area (Å²) in [5, 5.41) is 2.20. The van der Waals surface area contributed by atoms with Crippen molar-refractivity contribution in [3.63, 3.8) is 0 Å². The largest absolute Gasteiger partial charge is 0.494 e. The quantitative estimate of drug-likeness (QED) is 0.580. The molecule has 4 rings (SSSR count). The topological polar surface area (TPSA) is 107 Å². The fraction of sp³-hybridized carbons (Fsp3) is 0.238. The molecule has 0 spiro atoms. The van der Waals surface area contributed by atoms with Crippen LogP contribution in [0.5, 0.6) is 17.2 Å². The fourth-order valence-corrected chi connectivity index (χ4v) is 3.13. The summed E-state index contributed by atoms with van der Waals surface area (Å²) in [5.41, 5.74) is 1.17. The number of hydrogen-bond donors (Lipinski definition) is 1. The number of carbonyl (C=O) groups excluding carboxylic acids is 3. The highest BCUT2D eigenvalue weighted by Gasteiger charge is 2.40. The van der Waals surface area contributed by atoms with Crippen LogP contribution in [0.4, 0.5) is 10.5 Å². The Morgan fingerprint density at radius 3 is 2.67 bits per heavy atom. The first-order chi connectivity index (χ1) is 14.6. The summed E-state index contributed by atoms with van der Waals surface area (Å²) < 4.78 is 16.0. The third-order valence-electron chi connectivity index (χ3n) is 4.57. The Kier molecular flexibility index (Phi) is 5.34. The normalized spacial score (nSPS) is 18.1. The van der Waals surface area contributed by atoms with Crippen LogP contribution in [0.3, 0.4) is 0 Å². The van der Waals surface area contributed by atoms with Crippen molar-refractivity contribution in [1.82, 2.24) is 5.32 Å². The molecular weight excluding hydrogens is 390 g/mol. The highest BCUT2D eigenvalue weighted by Crippen LogP contribution is 2.32. The summed E-state index contributed by atoms with van der Waals surface area (Å²) in [4.78, 5) is 42.4. The maximum Gasteiger partial charge on any atom is 0.335 e. The molecule has 2 aromatic carbocycles. The number of nitrogens with one attached hydrogen (secondary N) is 1.